The van der Waals surface area contributed by atoms with Gasteiger partial charge in [0.2, 0.25) is 0 Å². The van der Waals surface area contributed by atoms with Crippen molar-refractivity contribution >= 4 is 21.7 Å². The van der Waals surface area contributed by atoms with Crippen molar-refractivity contribution in [1.29, 1.82) is 0 Å². The molecule has 1 saturated heterocycles. The minimum absolute atomic E-state index is 0.481. The first-order valence-corrected chi connectivity index (χ1v) is 6.51. The first-order chi connectivity index (χ1) is 7.75. The normalized spacial score (nSPS) is 21.5. The quantitative estimate of drug-likeness (QED) is 0.906. The Morgan fingerprint density at radius 3 is 3.12 bits per heavy atom. The van der Waals surface area contributed by atoms with Crippen LogP contribution >= 0.6 is 15.9 Å². The van der Waals surface area contributed by atoms with Crippen molar-refractivity contribution in [2.45, 2.75) is 32.2 Å². The lowest BCUT2D eigenvalue weighted by Crippen LogP contribution is -2.20. The number of anilines is 1. The SMILES string of the molecule is Cc1cnc(NC2CCCOCC2)c(Br)c1. The molecule has 2 rings (SSSR count). The second-order valence-corrected chi connectivity index (χ2v) is 5.08. The summed E-state index contributed by atoms with van der Waals surface area (Å²) in [5.41, 5.74) is 1.17. The smallest absolute Gasteiger partial charge is 0.140 e. The van der Waals surface area contributed by atoms with E-state index in [4.69, 9.17) is 4.74 Å². The molecule has 1 aromatic heterocycles. The molecule has 0 saturated carbocycles. The maximum atomic E-state index is 5.44. The summed E-state index contributed by atoms with van der Waals surface area (Å²) in [5, 5.41) is 3.48. The van der Waals surface area contributed by atoms with Crippen molar-refractivity contribution in [3.8, 4) is 0 Å². The Bertz CT molecular complexity index is 349. The lowest BCUT2D eigenvalue weighted by Gasteiger charge is -2.17. The fourth-order valence-electron chi connectivity index (χ4n) is 1.88. The molecule has 0 radical (unpaired) electrons. The van der Waals surface area contributed by atoms with Gasteiger partial charge in [-0.05, 0) is 53.7 Å². The molecule has 2 heterocycles. The Morgan fingerprint density at radius 1 is 1.44 bits per heavy atom. The Balaban J connectivity index is 2.01. The minimum Gasteiger partial charge on any atom is -0.381 e. The van der Waals surface area contributed by atoms with Gasteiger partial charge in [-0.25, -0.2) is 4.98 Å². The number of hydrogen-bond donors (Lipinski definition) is 1. The van der Waals surface area contributed by atoms with Crippen molar-refractivity contribution < 1.29 is 4.74 Å². The second kappa shape index (κ2) is 5.64. The van der Waals surface area contributed by atoms with Gasteiger partial charge in [-0.15, -0.1) is 0 Å². The summed E-state index contributed by atoms with van der Waals surface area (Å²) in [6, 6.07) is 2.57. The average Bonchev–Trinajstić information content (AvgIpc) is 2.51. The molecule has 1 aliphatic rings. The van der Waals surface area contributed by atoms with E-state index in [1.54, 1.807) is 0 Å². The van der Waals surface area contributed by atoms with Crippen LogP contribution in [0, 0.1) is 6.92 Å². The molecule has 0 aliphatic carbocycles. The lowest BCUT2D eigenvalue weighted by molar-refractivity contribution is 0.144. The molecule has 88 valence electrons. The number of aromatic nitrogens is 1. The number of halogens is 1. The number of hydrogen-bond acceptors (Lipinski definition) is 3. The van der Waals surface area contributed by atoms with Gasteiger partial charge in [0.1, 0.15) is 5.82 Å². The van der Waals surface area contributed by atoms with E-state index >= 15 is 0 Å². The van der Waals surface area contributed by atoms with Gasteiger partial charge in [0.05, 0.1) is 4.47 Å². The van der Waals surface area contributed by atoms with Crippen LogP contribution in [0.5, 0.6) is 0 Å². The molecule has 0 amide bonds. The number of rotatable bonds is 2. The van der Waals surface area contributed by atoms with Crippen LogP contribution in [0.15, 0.2) is 16.7 Å². The highest BCUT2D eigenvalue weighted by Gasteiger charge is 2.13. The number of nitrogens with one attached hydrogen (secondary N) is 1. The highest BCUT2D eigenvalue weighted by molar-refractivity contribution is 9.10. The third kappa shape index (κ3) is 3.19. The molecule has 0 aromatic carbocycles. The summed E-state index contributed by atoms with van der Waals surface area (Å²) < 4.78 is 6.48. The van der Waals surface area contributed by atoms with Crippen LogP contribution in [0.25, 0.3) is 0 Å². The Hall–Kier alpha value is -0.610. The molecule has 1 atom stereocenters. The van der Waals surface area contributed by atoms with Crippen molar-refractivity contribution in [1.82, 2.24) is 4.98 Å². The summed E-state index contributed by atoms with van der Waals surface area (Å²) in [6.07, 6.45) is 5.23. The van der Waals surface area contributed by atoms with Gasteiger partial charge in [0, 0.05) is 25.5 Å². The third-order valence-electron chi connectivity index (χ3n) is 2.77. The first kappa shape index (κ1) is 11.9. The number of aryl methyl sites for hydroxylation is 1. The van der Waals surface area contributed by atoms with E-state index in [2.05, 4.69) is 32.3 Å². The van der Waals surface area contributed by atoms with Gasteiger partial charge in [-0.2, -0.15) is 0 Å². The number of nitrogens with zero attached hydrogens (tertiary/aromatic N) is 1. The number of ether oxygens (including phenoxy) is 1. The summed E-state index contributed by atoms with van der Waals surface area (Å²) >= 11 is 3.54. The standard InChI is InChI=1S/C12H17BrN2O/c1-9-7-11(13)12(14-8-9)15-10-3-2-5-16-6-4-10/h7-8,10H,2-6H2,1H3,(H,14,15). The van der Waals surface area contributed by atoms with E-state index in [1.165, 1.54) is 5.56 Å². The van der Waals surface area contributed by atoms with E-state index in [-0.39, 0.29) is 0 Å². The first-order valence-electron chi connectivity index (χ1n) is 5.72. The zero-order valence-electron chi connectivity index (χ0n) is 9.50. The van der Waals surface area contributed by atoms with Crippen LogP contribution in [0.1, 0.15) is 24.8 Å². The maximum Gasteiger partial charge on any atom is 0.140 e. The summed E-state index contributed by atoms with van der Waals surface area (Å²) in [7, 11) is 0. The molecule has 4 heteroatoms. The lowest BCUT2D eigenvalue weighted by atomic mass is 10.1. The third-order valence-corrected chi connectivity index (χ3v) is 3.38. The summed E-state index contributed by atoms with van der Waals surface area (Å²) in [4.78, 5) is 4.40. The van der Waals surface area contributed by atoms with Crippen LogP contribution in [0.3, 0.4) is 0 Å². The van der Waals surface area contributed by atoms with Crippen LogP contribution in [0.4, 0.5) is 5.82 Å². The van der Waals surface area contributed by atoms with E-state index in [0.717, 1.165) is 42.8 Å². The second-order valence-electron chi connectivity index (χ2n) is 4.23. The van der Waals surface area contributed by atoms with E-state index in [1.807, 2.05) is 13.1 Å². The molecule has 1 N–H and O–H groups in total. The van der Waals surface area contributed by atoms with Gasteiger partial charge >= 0.3 is 0 Å². The van der Waals surface area contributed by atoms with Crippen molar-refractivity contribution in [3.05, 3.63) is 22.3 Å². The average molecular weight is 285 g/mol. The maximum absolute atomic E-state index is 5.44. The van der Waals surface area contributed by atoms with E-state index in [9.17, 15) is 0 Å². The molecule has 1 unspecified atom stereocenters. The van der Waals surface area contributed by atoms with Crippen LogP contribution in [-0.2, 0) is 4.74 Å². The number of pyridine rings is 1. The fourth-order valence-corrected chi connectivity index (χ4v) is 2.46. The van der Waals surface area contributed by atoms with Gasteiger partial charge in [-0.1, -0.05) is 0 Å². The highest BCUT2D eigenvalue weighted by atomic mass is 79.9. The van der Waals surface area contributed by atoms with Gasteiger partial charge < -0.3 is 10.1 Å². The summed E-state index contributed by atoms with van der Waals surface area (Å²) in [6.45, 7) is 3.78. The predicted octanol–water partition coefficient (Wildman–Crippen LogP) is 3.13. The van der Waals surface area contributed by atoms with E-state index < -0.39 is 0 Å². The Morgan fingerprint density at radius 2 is 2.31 bits per heavy atom. The minimum atomic E-state index is 0.481. The molecular weight excluding hydrogens is 268 g/mol. The molecule has 0 spiro atoms. The Kier molecular flexibility index (Phi) is 4.18. The zero-order valence-corrected chi connectivity index (χ0v) is 11.1. The molecule has 3 nitrogen and oxygen atoms in total. The van der Waals surface area contributed by atoms with Crippen LogP contribution < -0.4 is 5.32 Å². The topological polar surface area (TPSA) is 34.2 Å². The van der Waals surface area contributed by atoms with Crippen LogP contribution in [-0.4, -0.2) is 24.2 Å². The zero-order chi connectivity index (χ0) is 11.4. The molecule has 0 bridgehead atoms. The van der Waals surface area contributed by atoms with Crippen molar-refractivity contribution in [2.75, 3.05) is 18.5 Å². The Labute approximate surface area is 105 Å². The molecule has 16 heavy (non-hydrogen) atoms. The van der Waals surface area contributed by atoms with Gasteiger partial charge in [0.25, 0.3) is 0 Å². The molecular formula is C12H17BrN2O. The summed E-state index contributed by atoms with van der Waals surface area (Å²) in [5.74, 6) is 0.942. The van der Waals surface area contributed by atoms with Crippen molar-refractivity contribution in [3.63, 3.8) is 0 Å². The molecule has 1 aliphatic heterocycles. The monoisotopic (exact) mass is 284 g/mol. The fraction of sp³-hybridized carbons (Fsp3) is 0.583. The molecule has 1 fully saturated rings. The van der Waals surface area contributed by atoms with Gasteiger partial charge in [0.15, 0.2) is 0 Å². The highest BCUT2D eigenvalue weighted by Crippen LogP contribution is 2.23. The van der Waals surface area contributed by atoms with E-state index in [0.29, 0.717) is 6.04 Å². The van der Waals surface area contributed by atoms with Gasteiger partial charge in [-0.3, -0.25) is 0 Å². The predicted molar refractivity (Wildman–Crippen MR) is 68.8 cm³/mol. The molecule has 1 aromatic rings. The van der Waals surface area contributed by atoms with Crippen LogP contribution in [0.2, 0.25) is 0 Å². The largest absolute Gasteiger partial charge is 0.381 e. The van der Waals surface area contributed by atoms with Crippen molar-refractivity contribution in [2.24, 2.45) is 0 Å².